The Labute approximate surface area is 150 Å². The van der Waals surface area contributed by atoms with Gasteiger partial charge in [0.15, 0.2) is 0 Å². The number of carbonyl (C=O) groups is 1. The Balaban J connectivity index is 1.42. The van der Waals surface area contributed by atoms with Gasteiger partial charge < -0.3 is 5.32 Å². The quantitative estimate of drug-likeness (QED) is 0.825. The molecule has 0 spiro atoms. The fourth-order valence-corrected chi connectivity index (χ4v) is 3.76. The molecule has 0 bridgehead atoms. The number of aromatic nitrogens is 2. The molecule has 134 valence electrons. The van der Waals surface area contributed by atoms with Gasteiger partial charge in [-0.1, -0.05) is 37.8 Å². The van der Waals surface area contributed by atoms with Gasteiger partial charge in [-0.15, -0.1) is 0 Å². The summed E-state index contributed by atoms with van der Waals surface area (Å²) in [6.07, 6.45) is 7.93. The van der Waals surface area contributed by atoms with Crippen LogP contribution < -0.4 is 5.32 Å². The van der Waals surface area contributed by atoms with E-state index in [1.54, 1.807) is 0 Å². The highest BCUT2D eigenvalue weighted by Gasteiger charge is 2.15. The second-order valence-corrected chi connectivity index (χ2v) is 7.29. The Kier molecular flexibility index (Phi) is 5.90. The third-order valence-corrected chi connectivity index (χ3v) is 5.18. The second-order valence-electron chi connectivity index (χ2n) is 7.29. The molecule has 4 nitrogen and oxygen atoms in total. The first kappa shape index (κ1) is 17.7. The normalized spacial score (nSPS) is 14.8. The zero-order chi connectivity index (χ0) is 17.6. The molecule has 1 aliphatic rings. The van der Waals surface area contributed by atoms with Gasteiger partial charge >= 0.3 is 0 Å². The average molecular weight is 339 g/mol. The Morgan fingerprint density at radius 3 is 2.56 bits per heavy atom. The van der Waals surface area contributed by atoms with Gasteiger partial charge in [0.25, 0.3) is 0 Å². The van der Waals surface area contributed by atoms with Crippen molar-refractivity contribution < 1.29 is 4.79 Å². The van der Waals surface area contributed by atoms with Crippen molar-refractivity contribution in [2.45, 2.75) is 58.8 Å². The van der Waals surface area contributed by atoms with E-state index in [1.807, 2.05) is 11.6 Å². The zero-order valence-electron chi connectivity index (χ0n) is 15.4. The lowest BCUT2D eigenvalue weighted by Crippen LogP contribution is -2.25. The maximum atomic E-state index is 11.9. The van der Waals surface area contributed by atoms with E-state index >= 15 is 0 Å². The molecule has 25 heavy (non-hydrogen) atoms. The van der Waals surface area contributed by atoms with Crippen LogP contribution in [0.1, 0.15) is 55.5 Å². The number of benzene rings is 1. The molecule has 1 aromatic carbocycles. The molecule has 4 heteroatoms. The molecular formula is C21H29N3O. The Hall–Kier alpha value is -2.10. The summed E-state index contributed by atoms with van der Waals surface area (Å²) < 4.78 is 1.96. The molecule has 0 unspecified atom stereocenters. The molecule has 0 saturated heterocycles. The Bertz CT molecular complexity index is 696. The van der Waals surface area contributed by atoms with Crippen molar-refractivity contribution in [2.75, 3.05) is 6.54 Å². The molecule has 1 saturated carbocycles. The smallest absolute Gasteiger partial charge is 0.220 e. The predicted octanol–water partition coefficient (Wildman–Crippen LogP) is 4.12. The maximum absolute atomic E-state index is 11.9. The molecule has 0 aliphatic heterocycles. The first-order valence-electron chi connectivity index (χ1n) is 9.51. The van der Waals surface area contributed by atoms with E-state index in [0.717, 1.165) is 35.8 Å². The van der Waals surface area contributed by atoms with Crippen LogP contribution in [0.2, 0.25) is 0 Å². The van der Waals surface area contributed by atoms with E-state index in [4.69, 9.17) is 0 Å². The third kappa shape index (κ3) is 4.94. The summed E-state index contributed by atoms with van der Waals surface area (Å²) in [4.78, 5) is 11.9. The number of hydrogen-bond acceptors (Lipinski definition) is 2. The highest BCUT2D eigenvalue weighted by atomic mass is 16.1. The van der Waals surface area contributed by atoms with Crippen molar-refractivity contribution in [1.82, 2.24) is 15.1 Å². The molecule has 1 N–H and O–H groups in total. The standard InChI is InChI=1S/C21H29N3O/c1-16-15-17(2)24(23-16)20-10-7-19(8-11-20)13-14-22-21(25)12-9-18-5-3-4-6-18/h7-8,10-11,15,18H,3-6,9,12-14H2,1-2H3,(H,22,25). The van der Waals surface area contributed by atoms with Crippen molar-refractivity contribution in [2.24, 2.45) is 5.92 Å². The van der Waals surface area contributed by atoms with Crippen molar-refractivity contribution in [1.29, 1.82) is 0 Å². The molecule has 2 aromatic rings. The van der Waals surface area contributed by atoms with Crippen molar-refractivity contribution in [3.8, 4) is 5.69 Å². The summed E-state index contributed by atoms with van der Waals surface area (Å²) in [6, 6.07) is 10.5. The van der Waals surface area contributed by atoms with Crippen LogP contribution in [0.5, 0.6) is 0 Å². The Morgan fingerprint density at radius 2 is 1.92 bits per heavy atom. The van der Waals surface area contributed by atoms with Gasteiger partial charge in [-0.05, 0) is 56.4 Å². The number of carbonyl (C=O) groups excluding carboxylic acids is 1. The van der Waals surface area contributed by atoms with Crippen LogP contribution in [-0.4, -0.2) is 22.2 Å². The minimum Gasteiger partial charge on any atom is -0.356 e. The largest absolute Gasteiger partial charge is 0.356 e. The molecule has 3 rings (SSSR count). The van der Waals surface area contributed by atoms with Gasteiger partial charge in [0, 0.05) is 18.7 Å². The fraction of sp³-hybridized carbons (Fsp3) is 0.524. The van der Waals surface area contributed by atoms with Crippen LogP contribution in [0.15, 0.2) is 30.3 Å². The lowest BCUT2D eigenvalue weighted by Gasteiger charge is -2.10. The number of rotatable bonds is 7. The maximum Gasteiger partial charge on any atom is 0.220 e. The monoisotopic (exact) mass is 339 g/mol. The number of aryl methyl sites for hydroxylation is 2. The molecule has 1 fully saturated rings. The van der Waals surface area contributed by atoms with Crippen molar-refractivity contribution in [3.05, 3.63) is 47.3 Å². The molecule has 0 radical (unpaired) electrons. The summed E-state index contributed by atoms with van der Waals surface area (Å²) in [5, 5.41) is 7.57. The zero-order valence-corrected chi connectivity index (χ0v) is 15.4. The first-order valence-corrected chi connectivity index (χ1v) is 9.51. The van der Waals surface area contributed by atoms with Gasteiger partial charge in [-0.25, -0.2) is 4.68 Å². The summed E-state index contributed by atoms with van der Waals surface area (Å²) in [5.41, 5.74) is 4.48. The summed E-state index contributed by atoms with van der Waals surface area (Å²) in [7, 11) is 0. The van der Waals surface area contributed by atoms with E-state index < -0.39 is 0 Å². The fourth-order valence-electron chi connectivity index (χ4n) is 3.76. The molecule has 1 heterocycles. The topological polar surface area (TPSA) is 46.9 Å². The van der Waals surface area contributed by atoms with Gasteiger partial charge in [-0.2, -0.15) is 5.10 Å². The van der Waals surface area contributed by atoms with Gasteiger partial charge in [-0.3, -0.25) is 4.79 Å². The van der Waals surface area contributed by atoms with Crippen LogP contribution in [0.25, 0.3) is 5.69 Å². The molecule has 1 aromatic heterocycles. The summed E-state index contributed by atoms with van der Waals surface area (Å²) in [6.45, 7) is 4.78. The molecule has 0 atom stereocenters. The van der Waals surface area contributed by atoms with Crippen molar-refractivity contribution >= 4 is 5.91 Å². The highest BCUT2D eigenvalue weighted by Crippen LogP contribution is 2.28. The average Bonchev–Trinajstić information content (AvgIpc) is 3.23. The number of amides is 1. The van der Waals surface area contributed by atoms with E-state index in [1.165, 1.54) is 31.2 Å². The predicted molar refractivity (Wildman–Crippen MR) is 101 cm³/mol. The van der Waals surface area contributed by atoms with E-state index in [2.05, 4.69) is 47.7 Å². The Morgan fingerprint density at radius 1 is 1.20 bits per heavy atom. The summed E-state index contributed by atoms with van der Waals surface area (Å²) >= 11 is 0. The third-order valence-electron chi connectivity index (χ3n) is 5.18. The minimum atomic E-state index is 0.200. The number of hydrogen-bond donors (Lipinski definition) is 1. The number of nitrogens with one attached hydrogen (secondary N) is 1. The number of nitrogens with zero attached hydrogens (tertiary/aromatic N) is 2. The van der Waals surface area contributed by atoms with E-state index in [-0.39, 0.29) is 5.91 Å². The minimum absolute atomic E-state index is 0.200. The van der Waals surface area contributed by atoms with Crippen LogP contribution >= 0.6 is 0 Å². The van der Waals surface area contributed by atoms with E-state index in [9.17, 15) is 4.79 Å². The van der Waals surface area contributed by atoms with E-state index in [0.29, 0.717) is 13.0 Å². The van der Waals surface area contributed by atoms with Crippen LogP contribution in [0.3, 0.4) is 0 Å². The SMILES string of the molecule is Cc1cc(C)n(-c2ccc(CCNC(=O)CCC3CCCC3)cc2)n1. The van der Waals surface area contributed by atoms with Gasteiger partial charge in [0.1, 0.15) is 0 Å². The lowest BCUT2D eigenvalue weighted by atomic mass is 10.0. The summed E-state index contributed by atoms with van der Waals surface area (Å²) in [5.74, 6) is 0.985. The van der Waals surface area contributed by atoms with Crippen LogP contribution in [0, 0.1) is 19.8 Å². The van der Waals surface area contributed by atoms with Crippen LogP contribution in [0.4, 0.5) is 0 Å². The second kappa shape index (κ2) is 8.32. The molecular weight excluding hydrogens is 310 g/mol. The van der Waals surface area contributed by atoms with Gasteiger partial charge in [0.2, 0.25) is 5.91 Å². The molecule has 1 amide bonds. The first-order chi connectivity index (χ1) is 12.1. The van der Waals surface area contributed by atoms with Crippen molar-refractivity contribution in [3.63, 3.8) is 0 Å². The van der Waals surface area contributed by atoms with Gasteiger partial charge in [0.05, 0.1) is 11.4 Å². The highest BCUT2D eigenvalue weighted by molar-refractivity contribution is 5.75. The lowest BCUT2D eigenvalue weighted by molar-refractivity contribution is -0.121. The van der Waals surface area contributed by atoms with Crippen LogP contribution in [-0.2, 0) is 11.2 Å². The molecule has 1 aliphatic carbocycles.